The lowest BCUT2D eigenvalue weighted by Gasteiger charge is -2.26. The molecule has 1 N–H and O–H groups in total. The first-order chi connectivity index (χ1) is 16.0. The number of methoxy groups -OCH3 is 1. The number of hydrogen-bond acceptors (Lipinski definition) is 6. The van der Waals surface area contributed by atoms with Crippen LogP contribution in [0, 0.1) is 0 Å². The number of hydrogen-bond donors (Lipinski definition) is 1. The van der Waals surface area contributed by atoms with Crippen LogP contribution in [-0.2, 0) is 27.8 Å². The maximum absolute atomic E-state index is 12.9. The molecule has 9 heteroatoms. The topological polar surface area (TPSA) is 88.2 Å². The Kier molecular flexibility index (Phi) is 7.64. The molecule has 4 rings (SSSR count). The molecular formula is C24H31N3O5S. The third-order valence-electron chi connectivity index (χ3n) is 6.10. The van der Waals surface area contributed by atoms with E-state index < -0.39 is 10.0 Å². The highest BCUT2D eigenvalue weighted by atomic mass is 32.2. The summed E-state index contributed by atoms with van der Waals surface area (Å²) < 4.78 is 38.0. The standard InChI is InChI=1S/C24H31N3O5S/c1-31-23-9-8-21(33(29,30)27-10-2-3-11-27)16-22(23)24(28)25-17-19-4-6-20(7-5-19)18-26-12-14-32-15-13-26/h4-9,16H,2-3,10-15,17-18H2,1H3,(H,25,28). The van der Waals surface area contributed by atoms with Gasteiger partial charge in [-0.05, 0) is 42.2 Å². The third kappa shape index (κ3) is 5.73. The van der Waals surface area contributed by atoms with E-state index >= 15 is 0 Å². The molecular weight excluding hydrogens is 442 g/mol. The van der Waals surface area contributed by atoms with E-state index in [0.29, 0.717) is 25.4 Å². The second kappa shape index (κ2) is 10.6. The van der Waals surface area contributed by atoms with E-state index in [0.717, 1.165) is 51.3 Å². The number of nitrogens with zero attached hydrogens (tertiary/aromatic N) is 2. The zero-order valence-electron chi connectivity index (χ0n) is 19.0. The van der Waals surface area contributed by atoms with Crippen LogP contribution in [0.25, 0.3) is 0 Å². The van der Waals surface area contributed by atoms with Crippen LogP contribution in [0.2, 0.25) is 0 Å². The van der Waals surface area contributed by atoms with Crippen molar-refractivity contribution in [1.82, 2.24) is 14.5 Å². The lowest BCUT2D eigenvalue weighted by molar-refractivity contribution is 0.0342. The Morgan fingerprint density at radius 1 is 1.00 bits per heavy atom. The van der Waals surface area contributed by atoms with Gasteiger partial charge in [-0.25, -0.2) is 8.42 Å². The molecule has 0 radical (unpaired) electrons. The predicted molar refractivity (Wildman–Crippen MR) is 125 cm³/mol. The highest BCUT2D eigenvalue weighted by Crippen LogP contribution is 2.26. The van der Waals surface area contributed by atoms with Crippen LogP contribution in [-0.4, -0.2) is 70.0 Å². The summed E-state index contributed by atoms with van der Waals surface area (Å²) in [5.74, 6) is -0.0311. The molecule has 1 amide bonds. The van der Waals surface area contributed by atoms with Crippen molar-refractivity contribution in [2.75, 3.05) is 46.5 Å². The smallest absolute Gasteiger partial charge is 0.255 e. The van der Waals surface area contributed by atoms with Crippen molar-refractivity contribution in [2.45, 2.75) is 30.8 Å². The van der Waals surface area contributed by atoms with E-state index in [-0.39, 0.29) is 16.4 Å². The molecule has 0 aliphatic carbocycles. The van der Waals surface area contributed by atoms with Gasteiger partial charge in [-0.15, -0.1) is 0 Å². The van der Waals surface area contributed by atoms with Crippen LogP contribution in [0.3, 0.4) is 0 Å². The second-order valence-electron chi connectivity index (χ2n) is 8.36. The normalized spacial score (nSPS) is 17.7. The van der Waals surface area contributed by atoms with Gasteiger partial charge < -0.3 is 14.8 Å². The van der Waals surface area contributed by atoms with E-state index in [1.165, 1.54) is 35.2 Å². The van der Waals surface area contributed by atoms with Crippen LogP contribution in [0.1, 0.15) is 34.3 Å². The molecule has 8 nitrogen and oxygen atoms in total. The minimum atomic E-state index is -3.62. The number of amides is 1. The first kappa shape index (κ1) is 23.7. The fourth-order valence-corrected chi connectivity index (χ4v) is 5.70. The Morgan fingerprint density at radius 2 is 1.67 bits per heavy atom. The Bertz CT molecular complexity index is 1060. The molecule has 0 atom stereocenters. The van der Waals surface area contributed by atoms with Gasteiger partial charge in [-0.2, -0.15) is 4.31 Å². The number of carbonyl (C=O) groups excluding carboxylic acids is 1. The van der Waals surface area contributed by atoms with Gasteiger partial charge >= 0.3 is 0 Å². The molecule has 2 fully saturated rings. The van der Waals surface area contributed by atoms with Gasteiger partial charge in [-0.1, -0.05) is 24.3 Å². The van der Waals surface area contributed by atoms with E-state index in [1.54, 1.807) is 0 Å². The van der Waals surface area contributed by atoms with Crippen molar-refractivity contribution in [3.8, 4) is 5.75 Å². The molecule has 0 aromatic heterocycles. The highest BCUT2D eigenvalue weighted by molar-refractivity contribution is 7.89. The summed E-state index contributed by atoms with van der Waals surface area (Å²) in [6, 6.07) is 12.6. The second-order valence-corrected chi connectivity index (χ2v) is 10.3. The minimum Gasteiger partial charge on any atom is -0.496 e. The van der Waals surface area contributed by atoms with Gasteiger partial charge in [0.1, 0.15) is 5.75 Å². The van der Waals surface area contributed by atoms with Gasteiger partial charge in [0, 0.05) is 39.3 Å². The fraction of sp³-hybridized carbons (Fsp3) is 0.458. The number of rotatable bonds is 8. The molecule has 178 valence electrons. The molecule has 0 saturated carbocycles. The average molecular weight is 474 g/mol. The molecule has 33 heavy (non-hydrogen) atoms. The molecule has 2 aromatic rings. The summed E-state index contributed by atoms with van der Waals surface area (Å²) in [5, 5.41) is 2.88. The quantitative estimate of drug-likeness (QED) is 0.633. The molecule has 2 heterocycles. The van der Waals surface area contributed by atoms with Crippen LogP contribution in [0.15, 0.2) is 47.4 Å². The van der Waals surface area contributed by atoms with E-state index in [9.17, 15) is 13.2 Å². The molecule has 2 aliphatic rings. The number of carbonyl (C=O) groups is 1. The van der Waals surface area contributed by atoms with Crippen molar-refractivity contribution in [3.63, 3.8) is 0 Å². The van der Waals surface area contributed by atoms with Crippen LogP contribution in [0.5, 0.6) is 5.75 Å². The summed E-state index contributed by atoms with van der Waals surface area (Å²) in [5.41, 5.74) is 2.39. The van der Waals surface area contributed by atoms with Crippen LogP contribution >= 0.6 is 0 Å². The molecule has 2 aromatic carbocycles. The SMILES string of the molecule is COc1ccc(S(=O)(=O)N2CCCC2)cc1C(=O)NCc1ccc(CN2CCOCC2)cc1. The Balaban J connectivity index is 1.41. The van der Waals surface area contributed by atoms with Gasteiger partial charge in [0.05, 0.1) is 30.8 Å². The summed E-state index contributed by atoms with van der Waals surface area (Å²) in [4.78, 5) is 15.4. The zero-order valence-corrected chi connectivity index (χ0v) is 19.8. The molecule has 2 saturated heterocycles. The maximum Gasteiger partial charge on any atom is 0.255 e. The summed E-state index contributed by atoms with van der Waals surface area (Å²) in [6.45, 7) is 5.66. The van der Waals surface area contributed by atoms with Crippen LogP contribution in [0.4, 0.5) is 0 Å². The van der Waals surface area contributed by atoms with E-state index in [2.05, 4.69) is 22.3 Å². The Morgan fingerprint density at radius 3 is 2.33 bits per heavy atom. The Labute approximate surface area is 195 Å². The minimum absolute atomic E-state index is 0.114. The van der Waals surface area contributed by atoms with Gasteiger partial charge in [0.15, 0.2) is 0 Å². The lowest BCUT2D eigenvalue weighted by Crippen LogP contribution is -2.35. The lowest BCUT2D eigenvalue weighted by atomic mass is 10.1. The van der Waals surface area contributed by atoms with Crippen molar-refractivity contribution in [2.24, 2.45) is 0 Å². The monoisotopic (exact) mass is 473 g/mol. The first-order valence-corrected chi connectivity index (χ1v) is 12.8. The average Bonchev–Trinajstić information content (AvgIpc) is 3.40. The summed E-state index contributed by atoms with van der Waals surface area (Å²) in [6.07, 6.45) is 1.71. The van der Waals surface area contributed by atoms with E-state index in [4.69, 9.17) is 9.47 Å². The number of ether oxygens (including phenoxy) is 2. The highest BCUT2D eigenvalue weighted by Gasteiger charge is 2.28. The van der Waals surface area contributed by atoms with Gasteiger partial charge in [0.2, 0.25) is 10.0 Å². The third-order valence-corrected chi connectivity index (χ3v) is 8.00. The largest absolute Gasteiger partial charge is 0.496 e. The Hall–Kier alpha value is -2.46. The predicted octanol–water partition coefficient (Wildman–Crippen LogP) is 2.24. The molecule has 2 aliphatic heterocycles. The van der Waals surface area contributed by atoms with Crippen molar-refractivity contribution >= 4 is 15.9 Å². The molecule has 0 spiro atoms. The van der Waals surface area contributed by atoms with E-state index in [1.807, 2.05) is 12.1 Å². The van der Waals surface area contributed by atoms with Gasteiger partial charge in [0.25, 0.3) is 5.91 Å². The molecule has 0 bridgehead atoms. The van der Waals surface area contributed by atoms with Crippen molar-refractivity contribution < 1.29 is 22.7 Å². The fourth-order valence-electron chi connectivity index (χ4n) is 4.16. The maximum atomic E-state index is 12.9. The number of benzene rings is 2. The summed E-state index contributed by atoms with van der Waals surface area (Å²) in [7, 11) is -2.15. The first-order valence-electron chi connectivity index (χ1n) is 11.3. The zero-order chi connectivity index (χ0) is 23.3. The van der Waals surface area contributed by atoms with Crippen LogP contribution < -0.4 is 10.1 Å². The van der Waals surface area contributed by atoms with Gasteiger partial charge in [-0.3, -0.25) is 9.69 Å². The number of nitrogens with one attached hydrogen (secondary N) is 1. The number of sulfonamides is 1. The summed E-state index contributed by atoms with van der Waals surface area (Å²) >= 11 is 0. The van der Waals surface area contributed by atoms with Crippen molar-refractivity contribution in [3.05, 3.63) is 59.2 Å². The molecule has 0 unspecified atom stereocenters. The number of morpholine rings is 1. The van der Waals surface area contributed by atoms with Crippen molar-refractivity contribution in [1.29, 1.82) is 0 Å².